The largest absolute Gasteiger partial charge is 0.321 e. The second kappa shape index (κ2) is 8.27. The zero-order valence-electron chi connectivity index (χ0n) is 17.3. The van der Waals surface area contributed by atoms with Crippen LogP contribution in [0.5, 0.6) is 0 Å². The number of nitrogens with one attached hydrogen (secondary N) is 1. The standard InChI is InChI=1S/C25H16ClN3O3S/c1-14-21(33-23(27-14)15-7-3-2-4-8-15)22(30)28-16-11-12-20(19(26)13-16)29-24(31)17-9-5-6-10-18(17)25(29)32/h2-13H,1H3,(H,28,30). The average molecular weight is 474 g/mol. The number of benzene rings is 3. The monoisotopic (exact) mass is 473 g/mol. The molecule has 8 heteroatoms. The van der Waals surface area contributed by atoms with Crippen LogP contribution in [0.25, 0.3) is 10.6 Å². The highest BCUT2D eigenvalue weighted by Crippen LogP contribution is 2.35. The number of anilines is 2. The number of rotatable bonds is 4. The Morgan fingerprint density at radius 1 is 0.939 bits per heavy atom. The first-order valence-corrected chi connectivity index (χ1v) is 11.2. The fourth-order valence-corrected chi connectivity index (χ4v) is 4.91. The number of halogens is 1. The summed E-state index contributed by atoms with van der Waals surface area (Å²) < 4.78 is 0. The number of fused-ring (bicyclic) bond motifs is 1. The molecule has 1 N–H and O–H groups in total. The molecule has 4 aromatic rings. The van der Waals surface area contributed by atoms with Crippen molar-refractivity contribution in [2.45, 2.75) is 6.92 Å². The lowest BCUT2D eigenvalue weighted by Crippen LogP contribution is -2.29. The van der Waals surface area contributed by atoms with E-state index in [1.807, 2.05) is 30.3 Å². The normalized spacial score (nSPS) is 12.7. The van der Waals surface area contributed by atoms with Gasteiger partial charge in [0.05, 0.1) is 27.5 Å². The van der Waals surface area contributed by atoms with Crippen molar-refractivity contribution in [2.24, 2.45) is 0 Å². The minimum absolute atomic E-state index is 0.174. The summed E-state index contributed by atoms with van der Waals surface area (Å²) in [6, 6.07) is 21.0. The number of amides is 3. The predicted molar refractivity (Wildman–Crippen MR) is 129 cm³/mol. The maximum absolute atomic E-state index is 12.9. The van der Waals surface area contributed by atoms with E-state index < -0.39 is 11.8 Å². The average Bonchev–Trinajstić information content (AvgIpc) is 3.33. The number of aryl methyl sites for hydroxylation is 1. The third kappa shape index (κ3) is 3.71. The summed E-state index contributed by atoms with van der Waals surface area (Å²) in [6.07, 6.45) is 0. The quantitative estimate of drug-likeness (QED) is 0.378. The van der Waals surface area contributed by atoms with Gasteiger partial charge in [0.15, 0.2) is 0 Å². The van der Waals surface area contributed by atoms with E-state index in [9.17, 15) is 14.4 Å². The van der Waals surface area contributed by atoms with Gasteiger partial charge >= 0.3 is 0 Å². The molecule has 0 unspecified atom stereocenters. The minimum Gasteiger partial charge on any atom is -0.321 e. The number of thiazole rings is 1. The molecule has 0 radical (unpaired) electrons. The molecule has 2 heterocycles. The van der Waals surface area contributed by atoms with Crippen LogP contribution in [0.1, 0.15) is 36.1 Å². The highest BCUT2D eigenvalue weighted by atomic mass is 35.5. The highest BCUT2D eigenvalue weighted by molar-refractivity contribution is 7.17. The number of aromatic nitrogens is 1. The van der Waals surface area contributed by atoms with Gasteiger partial charge < -0.3 is 5.32 Å². The van der Waals surface area contributed by atoms with Crippen LogP contribution in [0.2, 0.25) is 5.02 Å². The third-order valence-electron chi connectivity index (χ3n) is 5.26. The lowest BCUT2D eigenvalue weighted by Gasteiger charge is -2.16. The van der Waals surface area contributed by atoms with Gasteiger partial charge in [0.1, 0.15) is 9.88 Å². The lowest BCUT2D eigenvalue weighted by atomic mass is 10.1. The van der Waals surface area contributed by atoms with Gasteiger partial charge in [-0.3, -0.25) is 14.4 Å². The Bertz CT molecular complexity index is 1400. The van der Waals surface area contributed by atoms with Crippen LogP contribution in [-0.4, -0.2) is 22.7 Å². The number of hydrogen-bond donors (Lipinski definition) is 1. The van der Waals surface area contributed by atoms with E-state index in [0.717, 1.165) is 15.5 Å². The molecule has 33 heavy (non-hydrogen) atoms. The first-order chi connectivity index (χ1) is 15.9. The second-order valence-corrected chi connectivity index (χ2v) is 8.82. The predicted octanol–water partition coefficient (Wildman–Crippen LogP) is 5.82. The molecule has 162 valence electrons. The first kappa shape index (κ1) is 21.1. The Morgan fingerprint density at radius 2 is 1.58 bits per heavy atom. The summed E-state index contributed by atoms with van der Waals surface area (Å²) >= 11 is 7.73. The van der Waals surface area contributed by atoms with Gasteiger partial charge in [0, 0.05) is 11.3 Å². The Morgan fingerprint density at radius 3 is 2.21 bits per heavy atom. The van der Waals surface area contributed by atoms with Crippen LogP contribution < -0.4 is 10.2 Å². The van der Waals surface area contributed by atoms with Crippen molar-refractivity contribution in [3.63, 3.8) is 0 Å². The van der Waals surface area contributed by atoms with Crippen LogP contribution in [0.3, 0.4) is 0 Å². The van der Waals surface area contributed by atoms with Crippen molar-refractivity contribution >= 4 is 52.0 Å². The summed E-state index contributed by atoms with van der Waals surface area (Å²) in [6.45, 7) is 1.79. The van der Waals surface area contributed by atoms with Crippen LogP contribution in [0.4, 0.5) is 11.4 Å². The molecular weight excluding hydrogens is 458 g/mol. The Hall–Kier alpha value is -3.81. The van der Waals surface area contributed by atoms with Gasteiger partial charge in [-0.2, -0.15) is 0 Å². The maximum Gasteiger partial charge on any atom is 0.267 e. The molecule has 5 rings (SSSR count). The van der Waals surface area contributed by atoms with Crippen LogP contribution in [-0.2, 0) is 0 Å². The molecule has 0 bridgehead atoms. The van der Waals surface area contributed by atoms with E-state index in [1.165, 1.54) is 17.4 Å². The Balaban J connectivity index is 1.38. The molecule has 0 spiro atoms. The Labute approximate surface area is 198 Å². The fraction of sp³-hybridized carbons (Fsp3) is 0.0400. The molecule has 0 saturated carbocycles. The smallest absolute Gasteiger partial charge is 0.267 e. The molecule has 1 aliphatic heterocycles. The van der Waals surface area contributed by atoms with Crippen molar-refractivity contribution in [3.8, 4) is 10.6 Å². The van der Waals surface area contributed by atoms with E-state index in [0.29, 0.717) is 27.4 Å². The van der Waals surface area contributed by atoms with E-state index in [1.54, 1.807) is 43.3 Å². The van der Waals surface area contributed by atoms with Gasteiger partial charge in [0.25, 0.3) is 17.7 Å². The van der Waals surface area contributed by atoms with Crippen molar-refractivity contribution < 1.29 is 14.4 Å². The maximum atomic E-state index is 12.9. The van der Waals surface area contributed by atoms with E-state index >= 15 is 0 Å². The van der Waals surface area contributed by atoms with Gasteiger partial charge in [-0.15, -0.1) is 11.3 Å². The lowest BCUT2D eigenvalue weighted by molar-refractivity contribution is 0.0924. The fourth-order valence-electron chi connectivity index (χ4n) is 3.67. The van der Waals surface area contributed by atoms with Gasteiger partial charge in [0.2, 0.25) is 0 Å². The molecule has 6 nitrogen and oxygen atoms in total. The molecule has 0 aliphatic carbocycles. The number of carbonyl (C=O) groups excluding carboxylic acids is 3. The molecule has 0 atom stereocenters. The van der Waals surface area contributed by atoms with Crippen molar-refractivity contribution in [1.29, 1.82) is 0 Å². The van der Waals surface area contributed by atoms with Gasteiger partial charge in [-0.1, -0.05) is 54.1 Å². The van der Waals surface area contributed by atoms with Crippen molar-refractivity contribution in [2.75, 3.05) is 10.2 Å². The topological polar surface area (TPSA) is 79.4 Å². The molecule has 1 aromatic heterocycles. The summed E-state index contributed by atoms with van der Waals surface area (Å²) in [7, 11) is 0. The van der Waals surface area contributed by atoms with E-state index in [2.05, 4.69) is 10.3 Å². The van der Waals surface area contributed by atoms with E-state index in [-0.39, 0.29) is 16.6 Å². The summed E-state index contributed by atoms with van der Waals surface area (Å²) in [5, 5.41) is 3.76. The zero-order chi connectivity index (χ0) is 23.1. The summed E-state index contributed by atoms with van der Waals surface area (Å²) in [5.41, 5.74) is 2.96. The molecule has 1 aliphatic rings. The molecule has 3 amide bonds. The third-order valence-corrected chi connectivity index (χ3v) is 6.77. The number of nitrogens with zero attached hydrogens (tertiary/aromatic N) is 2. The number of imide groups is 1. The molecule has 0 fully saturated rings. The van der Waals surface area contributed by atoms with E-state index in [4.69, 9.17) is 11.6 Å². The molecule has 3 aromatic carbocycles. The highest BCUT2D eigenvalue weighted by Gasteiger charge is 2.37. The SMILES string of the molecule is Cc1nc(-c2ccccc2)sc1C(=O)Nc1ccc(N2C(=O)c3ccccc3C2=O)c(Cl)c1. The zero-order valence-corrected chi connectivity index (χ0v) is 18.9. The van der Waals surface area contributed by atoms with Gasteiger partial charge in [-0.25, -0.2) is 9.88 Å². The summed E-state index contributed by atoms with van der Waals surface area (Å²) in [5.74, 6) is -1.16. The van der Waals surface area contributed by atoms with Crippen molar-refractivity contribution in [1.82, 2.24) is 4.98 Å². The summed E-state index contributed by atoms with van der Waals surface area (Å²) in [4.78, 5) is 44.4. The molecular formula is C25H16ClN3O3S. The van der Waals surface area contributed by atoms with Crippen LogP contribution in [0, 0.1) is 6.92 Å². The van der Waals surface area contributed by atoms with Gasteiger partial charge in [-0.05, 0) is 37.3 Å². The van der Waals surface area contributed by atoms with Crippen LogP contribution in [0.15, 0.2) is 72.8 Å². The Kier molecular flexibility index (Phi) is 5.28. The van der Waals surface area contributed by atoms with Crippen molar-refractivity contribution in [3.05, 3.63) is 99.5 Å². The number of carbonyl (C=O) groups is 3. The molecule has 0 saturated heterocycles. The number of hydrogen-bond acceptors (Lipinski definition) is 5. The second-order valence-electron chi connectivity index (χ2n) is 7.41. The minimum atomic E-state index is -0.428. The van der Waals surface area contributed by atoms with Crippen LogP contribution >= 0.6 is 22.9 Å². The first-order valence-electron chi connectivity index (χ1n) is 10.1.